The summed E-state index contributed by atoms with van der Waals surface area (Å²) in [6.07, 6.45) is 3.95. The van der Waals surface area contributed by atoms with E-state index in [1.807, 2.05) is 13.8 Å². The predicted molar refractivity (Wildman–Crippen MR) is 56.5 cm³/mol. The van der Waals surface area contributed by atoms with Crippen LogP contribution in [-0.2, 0) is 4.79 Å². The summed E-state index contributed by atoms with van der Waals surface area (Å²) in [7, 11) is 0. The Morgan fingerprint density at radius 1 is 1.31 bits per heavy atom. The van der Waals surface area contributed by atoms with Crippen molar-refractivity contribution >= 4 is 5.78 Å². The average molecular weight is 185 g/mol. The first kappa shape index (κ1) is 12.6. The minimum absolute atomic E-state index is 0.190. The first-order chi connectivity index (χ1) is 6.11. The molecule has 0 aliphatic heterocycles. The van der Waals surface area contributed by atoms with Crippen LogP contribution in [0.5, 0.6) is 0 Å². The molecular formula is C11H23NO. The van der Waals surface area contributed by atoms with Gasteiger partial charge in [-0.25, -0.2) is 0 Å². The van der Waals surface area contributed by atoms with Crippen molar-refractivity contribution in [2.24, 2.45) is 17.6 Å². The molecule has 0 spiro atoms. The molecule has 0 radical (unpaired) electrons. The van der Waals surface area contributed by atoms with Crippen molar-refractivity contribution in [1.82, 2.24) is 0 Å². The van der Waals surface area contributed by atoms with E-state index in [9.17, 15) is 4.79 Å². The largest absolute Gasteiger partial charge is 0.330 e. The zero-order valence-corrected chi connectivity index (χ0v) is 9.18. The SMILES string of the molecule is CCC(CCN)CCC(=O)C(C)C. The highest BCUT2D eigenvalue weighted by atomic mass is 16.1. The molecule has 0 aromatic heterocycles. The van der Waals surface area contributed by atoms with E-state index in [4.69, 9.17) is 5.73 Å². The summed E-state index contributed by atoms with van der Waals surface area (Å²) in [6.45, 7) is 6.84. The molecule has 0 bridgehead atoms. The van der Waals surface area contributed by atoms with Crippen LogP contribution in [0.4, 0.5) is 0 Å². The lowest BCUT2D eigenvalue weighted by atomic mass is 9.93. The Bertz CT molecular complexity index is 143. The fraction of sp³-hybridized carbons (Fsp3) is 0.909. The van der Waals surface area contributed by atoms with Gasteiger partial charge < -0.3 is 5.73 Å². The Balaban J connectivity index is 3.65. The van der Waals surface area contributed by atoms with Gasteiger partial charge in [0.15, 0.2) is 0 Å². The molecule has 0 aliphatic carbocycles. The molecule has 0 amide bonds. The highest BCUT2D eigenvalue weighted by molar-refractivity contribution is 5.80. The lowest BCUT2D eigenvalue weighted by Gasteiger charge is -2.13. The molecule has 0 rings (SSSR count). The minimum atomic E-state index is 0.190. The number of Topliss-reactive ketones (excluding diaryl/α,β-unsaturated/α-hetero) is 1. The van der Waals surface area contributed by atoms with Gasteiger partial charge in [-0.3, -0.25) is 4.79 Å². The van der Waals surface area contributed by atoms with Gasteiger partial charge in [-0.2, -0.15) is 0 Å². The number of nitrogens with two attached hydrogens (primary N) is 1. The maximum absolute atomic E-state index is 11.3. The van der Waals surface area contributed by atoms with Crippen molar-refractivity contribution < 1.29 is 4.79 Å². The quantitative estimate of drug-likeness (QED) is 0.661. The second-order valence-electron chi connectivity index (χ2n) is 4.01. The Hall–Kier alpha value is -0.370. The van der Waals surface area contributed by atoms with E-state index >= 15 is 0 Å². The summed E-state index contributed by atoms with van der Waals surface area (Å²) in [5.74, 6) is 1.22. The van der Waals surface area contributed by atoms with Gasteiger partial charge in [0.1, 0.15) is 5.78 Å². The Labute approximate surface area is 81.9 Å². The lowest BCUT2D eigenvalue weighted by molar-refractivity contribution is -0.122. The van der Waals surface area contributed by atoms with Crippen molar-refractivity contribution in [2.75, 3.05) is 6.54 Å². The summed E-state index contributed by atoms with van der Waals surface area (Å²) in [5.41, 5.74) is 5.49. The lowest BCUT2D eigenvalue weighted by Crippen LogP contribution is -2.12. The highest BCUT2D eigenvalue weighted by Gasteiger charge is 2.11. The molecule has 0 aliphatic rings. The third kappa shape index (κ3) is 5.81. The average Bonchev–Trinajstić information content (AvgIpc) is 2.11. The molecule has 2 N–H and O–H groups in total. The van der Waals surface area contributed by atoms with Crippen molar-refractivity contribution in [2.45, 2.75) is 46.5 Å². The maximum atomic E-state index is 11.3. The molecule has 0 saturated carbocycles. The molecule has 2 heteroatoms. The standard InChI is InChI=1S/C11H23NO/c1-4-10(7-8-12)5-6-11(13)9(2)3/h9-10H,4-8,12H2,1-3H3. The Morgan fingerprint density at radius 2 is 1.92 bits per heavy atom. The number of hydrogen-bond donors (Lipinski definition) is 1. The van der Waals surface area contributed by atoms with Crippen LogP contribution in [-0.4, -0.2) is 12.3 Å². The fourth-order valence-electron chi connectivity index (χ4n) is 1.42. The van der Waals surface area contributed by atoms with Gasteiger partial charge in [0, 0.05) is 12.3 Å². The third-order valence-electron chi connectivity index (χ3n) is 2.60. The van der Waals surface area contributed by atoms with E-state index in [2.05, 4.69) is 6.92 Å². The smallest absolute Gasteiger partial charge is 0.135 e. The first-order valence-electron chi connectivity index (χ1n) is 5.34. The van der Waals surface area contributed by atoms with Crippen molar-refractivity contribution in [3.63, 3.8) is 0 Å². The molecule has 0 aromatic carbocycles. The molecular weight excluding hydrogens is 162 g/mol. The number of rotatable bonds is 7. The second-order valence-corrected chi connectivity index (χ2v) is 4.01. The van der Waals surface area contributed by atoms with Crippen LogP contribution in [0.3, 0.4) is 0 Å². The van der Waals surface area contributed by atoms with Crippen LogP contribution in [0.2, 0.25) is 0 Å². The highest BCUT2D eigenvalue weighted by Crippen LogP contribution is 2.16. The monoisotopic (exact) mass is 185 g/mol. The molecule has 13 heavy (non-hydrogen) atoms. The minimum Gasteiger partial charge on any atom is -0.330 e. The summed E-state index contributed by atoms with van der Waals surface area (Å²) < 4.78 is 0. The number of ketones is 1. The van der Waals surface area contributed by atoms with Gasteiger partial charge in [0.25, 0.3) is 0 Å². The Kier molecular flexibility index (Phi) is 6.87. The van der Waals surface area contributed by atoms with Gasteiger partial charge in [-0.15, -0.1) is 0 Å². The Morgan fingerprint density at radius 3 is 2.31 bits per heavy atom. The van der Waals surface area contributed by atoms with E-state index in [1.165, 1.54) is 0 Å². The maximum Gasteiger partial charge on any atom is 0.135 e. The molecule has 2 nitrogen and oxygen atoms in total. The van der Waals surface area contributed by atoms with Crippen LogP contribution >= 0.6 is 0 Å². The van der Waals surface area contributed by atoms with Crippen LogP contribution in [0.25, 0.3) is 0 Å². The zero-order chi connectivity index (χ0) is 10.3. The van der Waals surface area contributed by atoms with Crippen LogP contribution in [0.1, 0.15) is 46.5 Å². The normalized spacial score (nSPS) is 13.3. The zero-order valence-electron chi connectivity index (χ0n) is 9.18. The topological polar surface area (TPSA) is 43.1 Å². The first-order valence-corrected chi connectivity index (χ1v) is 5.34. The van der Waals surface area contributed by atoms with Crippen molar-refractivity contribution in [3.05, 3.63) is 0 Å². The van der Waals surface area contributed by atoms with Crippen LogP contribution < -0.4 is 5.73 Å². The van der Waals surface area contributed by atoms with E-state index in [1.54, 1.807) is 0 Å². The van der Waals surface area contributed by atoms with Gasteiger partial charge in [0.05, 0.1) is 0 Å². The number of carbonyl (C=O) groups is 1. The van der Waals surface area contributed by atoms with Crippen LogP contribution in [0, 0.1) is 11.8 Å². The summed E-state index contributed by atoms with van der Waals surface area (Å²) >= 11 is 0. The van der Waals surface area contributed by atoms with Gasteiger partial charge >= 0.3 is 0 Å². The van der Waals surface area contributed by atoms with Gasteiger partial charge in [0.2, 0.25) is 0 Å². The molecule has 78 valence electrons. The van der Waals surface area contributed by atoms with E-state index < -0.39 is 0 Å². The van der Waals surface area contributed by atoms with Crippen molar-refractivity contribution in [3.8, 4) is 0 Å². The van der Waals surface area contributed by atoms with Crippen LogP contribution in [0.15, 0.2) is 0 Å². The van der Waals surface area contributed by atoms with E-state index in [-0.39, 0.29) is 5.92 Å². The number of carbonyl (C=O) groups excluding carboxylic acids is 1. The predicted octanol–water partition coefficient (Wildman–Crippen LogP) is 2.37. The fourth-order valence-corrected chi connectivity index (χ4v) is 1.42. The summed E-state index contributed by atoms with van der Waals surface area (Å²) in [5, 5.41) is 0. The van der Waals surface area contributed by atoms with Gasteiger partial charge in [-0.05, 0) is 25.3 Å². The summed E-state index contributed by atoms with van der Waals surface area (Å²) in [4.78, 5) is 11.3. The molecule has 0 heterocycles. The summed E-state index contributed by atoms with van der Waals surface area (Å²) in [6, 6.07) is 0. The van der Waals surface area contributed by atoms with E-state index in [0.717, 1.165) is 32.2 Å². The van der Waals surface area contributed by atoms with E-state index in [0.29, 0.717) is 11.7 Å². The third-order valence-corrected chi connectivity index (χ3v) is 2.60. The molecule has 0 aromatic rings. The molecule has 0 saturated heterocycles. The van der Waals surface area contributed by atoms with Crippen molar-refractivity contribution in [1.29, 1.82) is 0 Å². The molecule has 1 unspecified atom stereocenters. The molecule has 0 fully saturated rings. The number of hydrogen-bond acceptors (Lipinski definition) is 2. The second kappa shape index (κ2) is 7.07. The van der Waals surface area contributed by atoms with Gasteiger partial charge in [-0.1, -0.05) is 27.2 Å². The molecule has 1 atom stereocenters.